The average molecular weight is 709 g/mol. The van der Waals surface area contributed by atoms with E-state index in [0.717, 1.165) is 44.9 Å². The molecule has 0 aromatic heterocycles. The van der Waals surface area contributed by atoms with E-state index in [9.17, 15) is 29.7 Å². The fourth-order valence-corrected chi connectivity index (χ4v) is 9.34. The van der Waals surface area contributed by atoms with Crippen LogP contribution in [-0.4, -0.2) is 62.6 Å². The molecule has 3 N–H and O–H groups in total. The zero-order chi connectivity index (χ0) is 37.6. The molecule has 4 rings (SSSR count). The maximum atomic E-state index is 13.5. The zero-order valence-corrected chi connectivity index (χ0v) is 32.2. The Hall–Kier alpha value is -2.81. The topological polar surface area (TPSA) is 130 Å². The summed E-state index contributed by atoms with van der Waals surface area (Å²) in [4.78, 5) is 39.5. The molecular formula is C43H64O8. The van der Waals surface area contributed by atoms with Crippen LogP contribution >= 0.6 is 0 Å². The maximum absolute atomic E-state index is 13.5. The number of aliphatic hydroxyl groups is 3. The number of hydrogen-bond donors (Lipinski definition) is 3. The third kappa shape index (κ3) is 7.94. The number of unbranched alkanes of at least 4 members (excludes halogenated alkanes) is 8. The van der Waals surface area contributed by atoms with Gasteiger partial charge >= 0.3 is 11.9 Å². The SMILES string of the molecule is C/C=C(\C)C(=O)O[C@@]12[C@H](O)[C@@H](C)[C@@]3(O)[C@@H](C=C(COC(=O)CCCCCCC/C=C\C/C=C\CCCCC)C[C@]4(O)C(=O)C(C)=C[C@@H]34)[C@@H]1C2(C)C. The van der Waals surface area contributed by atoms with Crippen LogP contribution in [0.25, 0.3) is 0 Å². The Bertz CT molecular complexity index is 1430. The van der Waals surface area contributed by atoms with Gasteiger partial charge in [0.25, 0.3) is 0 Å². The number of carbonyl (C=O) groups excluding carboxylic acids is 3. The largest absolute Gasteiger partial charge is 0.461 e. The van der Waals surface area contributed by atoms with E-state index in [4.69, 9.17) is 9.47 Å². The molecule has 0 unspecified atom stereocenters. The summed E-state index contributed by atoms with van der Waals surface area (Å²) in [7, 11) is 0. The van der Waals surface area contributed by atoms with Gasteiger partial charge in [0, 0.05) is 47.5 Å². The van der Waals surface area contributed by atoms with Crippen molar-refractivity contribution >= 4 is 17.7 Å². The Labute approximate surface area is 306 Å². The molecule has 4 aliphatic carbocycles. The fraction of sp³-hybridized carbons (Fsp3) is 0.698. The third-order valence-corrected chi connectivity index (χ3v) is 12.6. The van der Waals surface area contributed by atoms with Crippen molar-refractivity contribution in [2.45, 2.75) is 155 Å². The van der Waals surface area contributed by atoms with Gasteiger partial charge in [-0.1, -0.05) is 102 Å². The Kier molecular flexibility index (Phi) is 13.6. The highest BCUT2D eigenvalue weighted by Crippen LogP contribution is 2.76. The Morgan fingerprint density at radius 3 is 2.24 bits per heavy atom. The first-order valence-corrected chi connectivity index (χ1v) is 19.5. The predicted molar refractivity (Wildman–Crippen MR) is 199 cm³/mol. The van der Waals surface area contributed by atoms with E-state index in [1.165, 1.54) is 25.7 Å². The molecule has 0 spiro atoms. The molecule has 0 aromatic carbocycles. The summed E-state index contributed by atoms with van der Waals surface area (Å²) in [5.74, 6) is -4.45. The molecule has 8 atom stereocenters. The van der Waals surface area contributed by atoms with Gasteiger partial charge in [-0.05, 0) is 70.4 Å². The molecular weight excluding hydrogens is 644 g/mol. The van der Waals surface area contributed by atoms with Crippen LogP contribution in [0.4, 0.5) is 0 Å². The maximum Gasteiger partial charge on any atom is 0.334 e. The molecule has 8 nitrogen and oxygen atoms in total. The van der Waals surface area contributed by atoms with Crippen LogP contribution in [0.15, 0.2) is 59.3 Å². The van der Waals surface area contributed by atoms with Gasteiger partial charge in [0.15, 0.2) is 5.78 Å². The lowest BCUT2D eigenvalue weighted by Gasteiger charge is -2.52. The van der Waals surface area contributed by atoms with E-state index >= 15 is 0 Å². The van der Waals surface area contributed by atoms with Crippen LogP contribution < -0.4 is 0 Å². The first-order valence-electron chi connectivity index (χ1n) is 19.5. The summed E-state index contributed by atoms with van der Waals surface area (Å²) in [5, 5.41) is 36.6. The Morgan fingerprint density at radius 1 is 0.961 bits per heavy atom. The summed E-state index contributed by atoms with van der Waals surface area (Å²) < 4.78 is 11.9. The average Bonchev–Trinajstić information content (AvgIpc) is 3.53. The van der Waals surface area contributed by atoms with E-state index < -0.39 is 63.7 Å². The number of Topliss-reactive ketones (excluding diaryl/α,β-unsaturated/α-hetero) is 1. The minimum Gasteiger partial charge on any atom is -0.461 e. The van der Waals surface area contributed by atoms with Crippen LogP contribution in [0.1, 0.15) is 132 Å². The van der Waals surface area contributed by atoms with Crippen LogP contribution in [0.2, 0.25) is 0 Å². The van der Waals surface area contributed by atoms with Crippen LogP contribution in [0, 0.1) is 29.1 Å². The van der Waals surface area contributed by atoms with Crippen molar-refractivity contribution in [2.24, 2.45) is 29.1 Å². The molecule has 2 saturated carbocycles. The third-order valence-electron chi connectivity index (χ3n) is 12.6. The molecule has 0 bridgehead atoms. The molecule has 0 amide bonds. The van der Waals surface area contributed by atoms with Gasteiger partial charge < -0.3 is 24.8 Å². The molecule has 8 heteroatoms. The fourth-order valence-electron chi connectivity index (χ4n) is 9.34. The smallest absolute Gasteiger partial charge is 0.334 e. The number of ketones is 1. The van der Waals surface area contributed by atoms with E-state index in [2.05, 4.69) is 31.2 Å². The predicted octanol–water partition coefficient (Wildman–Crippen LogP) is 7.81. The summed E-state index contributed by atoms with van der Waals surface area (Å²) in [6.07, 6.45) is 25.0. The monoisotopic (exact) mass is 708 g/mol. The molecule has 0 saturated heterocycles. The van der Waals surface area contributed by atoms with Gasteiger partial charge in [-0.15, -0.1) is 0 Å². The molecule has 0 radical (unpaired) electrons. The van der Waals surface area contributed by atoms with Crippen molar-refractivity contribution in [2.75, 3.05) is 6.61 Å². The van der Waals surface area contributed by atoms with Gasteiger partial charge in [0.1, 0.15) is 17.8 Å². The van der Waals surface area contributed by atoms with Crippen molar-refractivity contribution in [1.29, 1.82) is 0 Å². The summed E-state index contributed by atoms with van der Waals surface area (Å²) in [6.45, 7) is 12.6. The standard InChI is InChI=1S/C43H64O8/c1-8-10-11-12-13-14-15-16-17-18-19-20-21-22-23-24-35(44)50-28-32-26-33-36-40(6,7)43(36,51-39(47)29(3)9-2)38(46)31(5)42(33,49)34-25-30(4)37(45)41(34,48)27-32/h9,13-14,16-17,25-26,31,33-34,36,38,46,48-49H,8,10-12,15,18-24,27-28H2,1-7H3/b14-13-,17-16-,29-9+/t31-,33+,34-,36-,38-,41-,42-,43-/m1/s1. The second kappa shape index (κ2) is 16.9. The van der Waals surface area contributed by atoms with Crippen LogP contribution in [-0.2, 0) is 23.9 Å². The second-order valence-corrected chi connectivity index (χ2v) is 16.2. The minimum atomic E-state index is -1.96. The lowest BCUT2D eigenvalue weighted by molar-refractivity contribution is -0.218. The summed E-state index contributed by atoms with van der Waals surface area (Å²) in [5.41, 5.74) is -4.43. The number of allylic oxidation sites excluding steroid dienone is 5. The molecule has 0 aliphatic heterocycles. The number of fused-ring (bicyclic) bond motifs is 5. The van der Waals surface area contributed by atoms with E-state index in [1.54, 1.807) is 39.8 Å². The number of aliphatic hydroxyl groups excluding tert-OH is 1. The number of rotatable bonds is 18. The molecule has 0 aromatic rings. The van der Waals surface area contributed by atoms with Crippen LogP contribution in [0.5, 0.6) is 0 Å². The molecule has 0 heterocycles. The van der Waals surface area contributed by atoms with Crippen molar-refractivity contribution < 1.29 is 39.2 Å². The van der Waals surface area contributed by atoms with Crippen molar-refractivity contribution in [3.05, 3.63) is 59.3 Å². The number of hydrogen-bond acceptors (Lipinski definition) is 8. The highest BCUT2D eigenvalue weighted by atomic mass is 16.6. The highest BCUT2D eigenvalue weighted by Gasteiger charge is 2.86. The van der Waals surface area contributed by atoms with E-state index in [0.29, 0.717) is 16.7 Å². The molecule has 2 fully saturated rings. The minimum absolute atomic E-state index is 0.111. The number of carbonyl (C=O) groups is 3. The van der Waals surface area contributed by atoms with Crippen molar-refractivity contribution in [3.63, 3.8) is 0 Å². The van der Waals surface area contributed by atoms with Gasteiger partial charge in [-0.25, -0.2) is 4.79 Å². The number of ether oxygens (including phenoxy) is 2. The van der Waals surface area contributed by atoms with Gasteiger partial charge in [0.05, 0.1) is 11.7 Å². The molecule has 4 aliphatic rings. The van der Waals surface area contributed by atoms with Gasteiger partial charge in [-0.2, -0.15) is 0 Å². The second-order valence-electron chi connectivity index (χ2n) is 16.2. The van der Waals surface area contributed by atoms with Crippen molar-refractivity contribution in [1.82, 2.24) is 0 Å². The first-order chi connectivity index (χ1) is 24.1. The lowest BCUT2D eigenvalue weighted by atomic mass is 9.59. The summed E-state index contributed by atoms with van der Waals surface area (Å²) >= 11 is 0. The Morgan fingerprint density at radius 2 is 1.59 bits per heavy atom. The Balaban J connectivity index is 1.36. The van der Waals surface area contributed by atoms with E-state index in [-0.39, 0.29) is 25.4 Å². The van der Waals surface area contributed by atoms with Crippen LogP contribution in [0.3, 0.4) is 0 Å². The molecule has 284 valence electrons. The first kappa shape index (κ1) is 41.0. The van der Waals surface area contributed by atoms with Crippen molar-refractivity contribution in [3.8, 4) is 0 Å². The lowest BCUT2D eigenvalue weighted by Crippen LogP contribution is -2.65. The normalized spacial score (nSPS) is 34.0. The zero-order valence-electron chi connectivity index (χ0n) is 32.2. The quantitative estimate of drug-likeness (QED) is 0.0569. The van der Waals surface area contributed by atoms with Gasteiger partial charge in [-0.3, -0.25) is 9.59 Å². The number of esters is 2. The highest BCUT2D eigenvalue weighted by molar-refractivity contribution is 6.04. The van der Waals surface area contributed by atoms with Gasteiger partial charge in [0.2, 0.25) is 0 Å². The van der Waals surface area contributed by atoms with E-state index in [1.807, 2.05) is 19.9 Å². The molecule has 51 heavy (non-hydrogen) atoms. The summed E-state index contributed by atoms with van der Waals surface area (Å²) in [6, 6.07) is 0.